The molecule has 0 aliphatic rings. The Labute approximate surface area is 124 Å². The van der Waals surface area contributed by atoms with E-state index in [9.17, 15) is 4.79 Å². The van der Waals surface area contributed by atoms with Gasteiger partial charge in [-0.2, -0.15) is 5.10 Å². The van der Waals surface area contributed by atoms with Gasteiger partial charge in [-0.3, -0.25) is 0 Å². The van der Waals surface area contributed by atoms with Crippen LogP contribution in [-0.2, 0) is 11.3 Å². The van der Waals surface area contributed by atoms with Crippen LogP contribution in [0.15, 0.2) is 30.9 Å². The van der Waals surface area contributed by atoms with Gasteiger partial charge >= 0.3 is 0 Å². The third-order valence-corrected chi connectivity index (χ3v) is 3.48. The third kappa shape index (κ3) is 1.74. The zero-order valence-electron chi connectivity index (χ0n) is 11.4. The molecule has 0 aliphatic carbocycles. The monoisotopic (exact) mass is 293 g/mol. The van der Waals surface area contributed by atoms with E-state index in [0.717, 1.165) is 22.9 Å². The summed E-state index contributed by atoms with van der Waals surface area (Å²) in [7, 11) is 0. The van der Waals surface area contributed by atoms with E-state index in [1.54, 1.807) is 6.20 Å². The van der Waals surface area contributed by atoms with Gasteiger partial charge in [0.25, 0.3) is 0 Å². The van der Waals surface area contributed by atoms with Crippen LogP contribution in [0.3, 0.4) is 0 Å². The molecule has 0 aromatic carbocycles. The van der Waals surface area contributed by atoms with Crippen LogP contribution in [0.2, 0.25) is 0 Å². The molecule has 0 fully saturated rings. The van der Waals surface area contributed by atoms with E-state index >= 15 is 0 Å². The average molecular weight is 293 g/mol. The summed E-state index contributed by atoms with van der Waals surface area (Å²) in [6.45, 7) is 0.104. The second-order valence-corrected chi connectivity index (χ2v) is 4.79. The van der Waals surface area contributed by atoms with E-state index in [1.807, 2.05) is 18.3 Å². The molecule has 0 unspecified atom stereocenters. The molecule has 0 saturated carbocycles. The minimum atomic E-state index is 0.104. The maximum absolute atomic E-state index is 10.8. The highest BCUT2D eigenvalue weighted by Crippen LogP contribution is 2.30. The second kappa shape index (κ2) is 4.62. The number of anilines is 1. The van der Waals surface area contributed by atoms with Gasteiger partial charge in [0.15, 0.2) is 5.65 Å². The van der Waals surface area contributed by atoms with Gasteiger partial charge in [-0.15, -0.1) is 0 Å². The number of carbonyl (C=O) groups is 1. The highest BCUT2D eigenvalue weighted by molar-refractivity contribution is 5.99. The number of aromatic amines is 1. The van der Waals surface area contributed by atoms with Crippen molar-refractivity contribution >= 4 is 34.2 Å². The smallest absolute Gasteiger partial charge is 0.164 e. The van der Waals surface area contributed by atoms with Gasteiger partial charge in [0.1, 0.15) is 29.8 Å². The third-order valence-electron chi connectivity index (χ3n) is 3.48. The Kier molecular flexibility index (Phi) is 2.62. The van der Waals surface area contributed by atoms with E-state index in [1.165, 1.54) is 11.0 Å². The van der Waals surface area contributed by atoms with Crippen LogP contribution in [0.25, 0.3) is 33.3 Å². The van der Waals surface area contributed by atoms with Crippen molar-refractivity contribution in [3.05, 3.63) is 30.9 Å². The summed E-state index contributed by atoms with van der Waals surface area (Å²) in [5.41, 5.74) is 8.72. The first-order chi connectivity index (χ1) is 10.8. The molecule has 4 aromatic rings. The molecule has 8 nitrogen and oxygen atoms in total. The van der Waals surface area contributed by atoms with Crippen LogP contribution in [0.1, 0.15) is 0 Å². The number of rotatable bonds is 3. The van der Waals surface area contributed by atoms with E-state index in [2.05, 4.69) is 25.0 Å². The Morgan fingerprint density at radius 3 is 3.09 bits per heavy atom. The lowest BCUT2D eigenvalue weighted by molar-refractivity contribution is -0.108. The molecular weight excluding hydrogens is 282 g/mol. The lowest BCUT2D eigenvalue weighted by Gasteiger charge is -1.99. The zero-order valence-corrected chi connectivity index (χ0v) is 11.4. The first kappa shape index (κ1) is 12.5. The maximum Gasteiger partial charge on any atom is 0.164 e. The van der Waals surface area contributed by atoms with Crippen molar-refractivity contribution in [1.29, 1.82) is 0 Å². The number of pyridine rings is 1. The molecule has 3 N–H and O–H groups in total. The van der Waals surface area contributed by atoms with Gasteiger partial charge in [-0.25, -0.2) is 19.6 Å². The Balaban J connectivity index is 2.02. The number of nitrogens with two attached hydrogens (primary N) is 1. The van der Waals surface area contributed by atoms with Crippen LogP contribution in [0.4, 0.5) is 5.82 Å². The Hall–Kier alpha value is -3.29. The standard InChI is InChI=1S/C14H11N7O/c15-12-10-11(9-5-8-1-2-16-13(8)17-6-9)20-21(3-4-22)14(10)19-7-18-12/h1-2,4-7H,3H2,(H,16,17)(H2,15,18,19). The molecule has 0 bridgehead atoms. The molecule has 4 rings (SSSR count). The number of H-pyrrole nitrogens is 1. The summed E-state index contributed by atoms with van der Waals surface area (Å²) in [5.74, 6) is 0.325. The summed E-state index contributed by atoms with van der Waals surface area (Å²) in [6, 6.07) is 3.88. The molecule has 108 valence electrons. The highest BCUT2D eigenvalue weighted by Gasteiger charge is 2.17. The summed E-state index contributed by atoms with van der Waals surface area (Å²) in [4.78, 5) is 26.4. The molecule has 22 heavy (non-hydrogen) atoms. The normalized spacial score (nSPS) is 11.3. The fourth-order valence-electron chi connectivity index (χ4n) is 2.50. The van der Waals surface area contributed by atoms with E-state index in [4.69, 9.17) is 5.73 Å². The minimum Gasteiger partial charge on any atom is -0.383 e. The number of nitrogen functional groups attached to an aromatic ring is 1. The number of aromatic nitrogens is 6. The first-order valence-electron chi connectivity index (χ1n) is 6.62. The molecule has 0 saturated heterocycles. The van der Waals surface area contributed by atoms with Crippen LogP contribution >= 0.6 is 0 Å². The molecule has 4 aromatic heterocycles. The zero-order chi connectivity index (χ0) is 15.1. The predicted molar refractivity (Wildman–Crippen MR) is 80.9 cm³/mol. The lowest BCUT2D eigenvalue weighted by atomic mass is 10.1. The number of nitrogens with zero attached hydrogens (tertiary/aromatic N) is 5. The lowest BCUT2D eigenvalue weighted by Crippen LogP contribution is -2.02. The summed E-state index contributed by atoms with van der Waals surface area (Å²) >= 11 is 0. The largest absolute Gasteiger partial charge is 0.383 e. The number of hydrogen-bond donors (Lipinski definition) is 2. The molecule has 0 aliphatic heterocycles. The summed E-state index contributed by atoms with van der Waals surface area (Å²) in [6.07, 6.45) is 5.65. The topological polar surface area (TPSA) is 115 Å². The Morgan fingerprint density at radius 2 is 2.23 bits per heavy atom. The average Bonchev–Trinajstić information content (AvgIpc) is 3.12. The summed E-state index contributed by atoms with van der Waals surface area (Å²) < 4.78 is 1.51. The van der Waals surface area contributed by atoms with Crippen LogP contribution in [0.5, 0.6) is 0 Å². The van der Waals surface area contributed by atoms with Gasteiger partial charge in [0.05, 0.1) is 11.9 Å². The molecule has 0 spiro atoms. The summed E-state index contributed by atoms with van der Waals surface area (Å²) in [5, 5.41) is 6.04. The van der Waals surface area contributed by atoms with Gasteiger partial charge in [-0.05, 0) is 12.1 Å². The van der Waals surface area contributed by atoms with Crippen molar-refractivity contribution in [1.82, 2.24) is 29.7 Å². The van der Waals surface area contributed by atoms with Crippen molar-refractivity contribution in [2.45, 2.75) is 6.54 Å². The molecule has 0 atom stereocenters. The van der Waals surface area contributed by atoms with Crippen LogP contribution in [-0.4, -0.2) is 36.0 Å². The van der Waals surface area contributed by atoms with Crippen LogP contribution in [0, 0.1) is 0 Å². The highest BCUT2D eigenvalue weighted by atomic mass is 16.1. The van der Waals surface area contributed by atoms with Crippen molar-refractivity contribution in [2.24, 2.45) is 0 Å². The maximum atomic E-state index is 10.8. The number of nitrogens with one attached hydrogen (secondary N) is 1. The van der Waals surface area contributed by atoms with Gasteiger partial charge in [0, 0.05) is 23.3 Å². The van der Waals surface area contributed by atoms with Crippen LogP contribution < -0.4 is 5.73 Å². The van der Waals surface area contributed by atoms with Gasteiger partial charge in [0.2, 0.25) is 0 Å². The first-order valence-corrected chi connectivity index (χ1v) is 6.62. The number of carbonyl (C=O) groups excluding carboxylic acids is 1. The van der Waals surface area contributed by atoms with E-state index < -0.39 is 0 Å². The van der Waals surface area contributed by atoms with E-state index in [0.29, 0.717) is 22.5 Å². The quantitative estimate of drug-likeness (QED) is 0.547. The number of aldehydes is 1. The van der Waals surface area contributed by atoms with Gasteiger partial charge < -0.3 is 15.5 Å². The fourth-order valence-corrected chi connectivity index (χ4v) is 2.50. The van der Waals surface area contributed by atoms with Crippen molar-refractivity contribution in [3.8, 4) is 11.3 Å². The predicted octanol–water partition coefficient (Wildman–Crippen LogP) is 1.15. The molecular formula is C14H11N7O. The van der Waals surface area contributed by atoms with E-state index in [-0.39, 0.29) is 6.54 Å². The number of hydrogen-bond acceptors (Lipinski definition) is 6. The molecule has 0 amide bonds. The number of fused-ring (bicyclic) bond motifs is 2. The SMILES string of the molecule is Nc1ncnc2c1c(-c1cnc3[nH]ccc3c1)nn2CC=O. The van der Waals surface area contributed by atoms with Crippen molar-refractivity contribution in [3.63, 3.8) is 0 Å². The molecule has 8 heteroatoms. The Morgan fingerprint density at radius 1 is 1.32 bits per heavy atom. The second-order valence-electron chi connectivity index (χ2n) is 4.79. The van der Waals surface area contributed by atoms with Crippen molar-refractivity contribution < 1.29 is 4.79 Å². The Bertz CT molecular complexity index is 1000. The minimum absolute atomic E-state index is 0.104. The molecule has 0 radical (unpaired) electrons. The van der Waals surface area contributed by atoms with Crippen molar-refractivity contribution in [2.75, 3.05) is 5.73 Å². The molecule has 4 heterocycles. The fraction of sp³-hybridized carbons (Fsp3) is 0.0714. The van der Waals surface area contributed by atoms with Gasteiger partial charge in [-0.1, -0.05) is 0 Å².